The third-order valence-corrected chi connectivity index (χ3v) is 11.9. The summed E-state index contributed by atoms with van der Waals surface area (Å²) in [5.74, 6) is 0.593. The molecule has 2 heterocycles. The molecule has 0 saturated heterocycles. The van der Waals surface area contributed by atoms with Gasteiger partial charge in [-0.15, -0.1) is 0 Å². The van der Waals surface area contributed by atoms with Crippen LogP contribution in [-0.4, -0.2) is 5.78 Å². The van der Waals surface area contributed by atoms with Crippen LogP contribution in [-0.2, 0) is 26.6 Å². The van der Waals surface area contributed by atoms with E-state index in [2.05, 4.69) is 69.6 Å². The van der Waals surface area contributed by atoms with Gasteiger partial charge in [0.15, 0.2) is 17.5 Å². The van der Waals surface area contributed by atoms with Gasteiger partial charge in [0.2, 0.25) is 5.52 Å². The summed E-state index contributed by atoms with van der Waals surface area (Å²) in [6.45, 7) is 12.0. The second-order valence-electron chi connectivity index (χ2n) is 12.8. The van der Waals surface area contributed by atoms with E-state index in [-0.39, 0.29) is 21.8 Å². The number of carbonyl (C=O) groups is 1. The summed E-state index contributed by atoms with van der Waals surface area (Å²) in [5.41, 5.74) is 6.65. The number of Topliss-reactive ketones (excluding diaryl/α,β-unsaturated/α-hetero) is 1. The molecular weight excluding hydrogens is 426 g/mol. The van der Waals surface area contributed by atoms with Crippen LogP contribution in [0.25, 0.3) is 21.7 Å². The van der Waals surface area contributed by atoms with E-state index in [1.807, 2.05) is 0 Å². The van der Waals surface area contributed by atoms with Crippen molar-refractivity contribution < 1.29 is 9.36 Å². The Labute approximate surface area is 210 Å². The number of hydrogen-bond donors (Lipinski definition) is 0. The Balaban J connectivity index is 1.75. The first-order valence-electron chi connectivity index (χ1n) is 14.3. The summed E-state index contributed by atoms with van der Waals surface area (Å²) in [5, 5.41) is 4.24. The second kappa shape index (κ2) is 6.75. The van der Waals surface area contributed by atoms with Crippen LogP contribution in [0, 0.1) is 6.92 Å². The van der Waals surface area contributed by atoms with Crippen molar-refractivity contribution in [2.24, 2.45) is 0 Å². The van der Waals surface area contributed by atoms with Crippen molar-refractivity contribution in [1.82, 2.24) is 0 Å². The van der Waals surface area contributed by atoms with E-state index in [1.165, 1.54) is 69.6 Å². The maximum atomic E-state index is 14.6. The molecule has 182 valence electrons. The van der Waals surface area contributed by atoms with Gasteiger partial charge in [-0.1, -0.05) is 57.7 Å². The van der Waals surface area contributed by atoms with Crippen LogP contribution in [0.1, 0.15) is 114 Å². The molecule has 0 bridgehead atoms. The lowest BCUT2D eigenvalue weighted by Crippen LogP contribution is -2.66. The first-order valence-corrected chi connectivity index (χ1v) is 14.3. The summed E-state index contributed by atoms with van der Waals surface area (Å²) in [7, 11) is 0. The maximum absolute atomic E-state index is 14.6. The molecule has 2 saturated carbocycles. The van der Waals surface area contributed by atoms with Gasteiger partial charge in [-0.25, -0.2) is 0 Å². The molecule has 2 atom stereocenters. The summed E-state index contributed by atoms with van der Waals surface area (Å²) < 4.78 is 2.70. The summed E-state index contributed by atoms with van der Waals surface area (Å²) >= 11 is 0. The minimum Gasteiger partial charge on any atom is -0.298 e. The van der Waals surface area contributed by atoms with E-state index in [0.717, 1.165) is 38.5 Å². The van der Waals surface area contributed by atoms with E-state index >= 15 is 0 Å². The molecule has 2 aromatic carbocycles. The summed E-state index contributed by atoms with van der Waals surface area (Å²) in [6.07, 6.45) is 13.7. The highest BCUT2D eigenvalue weighted by molar-refractivity contribution is 6.14. The number of pyridine rings is 1. The Bertz CT molecular complexity index is 1430. The first kappa shape index (κ1) is 22.0. The number of hydrogen-bond acceptors (Lipinski definition) is 1. The fraction of sp³-hybridized carbons (Fsp3) is 0.576. The van der Waals surface area contributed by atoms with E-state index in [0.29, 0.717) is 5.78 Å². The number of aryl methyl sites for hydroxylation is 1. The molecule has 2 heteroatoms. The lowest BCUT2D eigenvalue weighted by Gasteiger charge is -2.45. The molecule has 0 radical (unpaired) electrons. The molecule has 3 aliphatic carbocycles. The van der Waals surface area contributed by atoms with Crippen LogP contribution in [0.3, 0.4) is 0 Å². The van der Waals surface area contributed by atoms with Crippen molar-refractivity contribution in [2.45, 2.75) is 121 Å². The summed E-state index contributed by atoms with van der Waals surface area (Å²) in [6, 6.07) is 9.48. The van der Waals surface area contributed by atoms with Gasteiger partial charge in [-0.05, 0) is 74.1 Å². The number of ketones is 1. The highest BCUT2D eigenvalue weighted by atomic mass is 16.1. The van der Waals surface area contributed by atoms with Crippen molar-refractivity contribution in [1.29, 1.82) is 0 Å². The predicted octanol–water partition coefficient (Wildman–Crippen LogP) is 7.60. The van der Waals surface area contributed by atoms with Gasteiger partial charge in [0.05, 0.1) is 27.0 Å². The smallest absolute Gasteiger partial charge is 0.221 e. The Morgan fingerprint density at radius 3 is 2.14 bits per heavy atom. The van der Waals surface area contributed by atoms with E-state index in [4.69, 9.17) is 0 Å². The zero-order valence-electron chi connectivity index (χ0n) is 22.3. The van der Waals surface area contributed by atoms with Crippen LogP contribution in [0.4, 0.5) is 0 Å². The van der Waals surface area contributed by atoms with E-state index in [9.17, 15) is 4.79 Å². The van der Waals surface area contributed by atoms with Crippen LogP contribution >= 0.6 is 0 Å². The van der Waals surface area contributed by atoms with Crippen LogP contribution in [0.2, 0.25) is 0 Å². The van der Waals surface area contributed by atoms with Gasteiger partial charge in [-0.2, -0.15) is 4.57 Å². The molecular formula is C33H40NO+. The molecule has 2 unspecified atom stereocenters. The quantitative estimate of drug-likeness (QED) is 0.281. The monoisotopic (exact) mass is 466 g/mol. The summed E-state index contributed by atoms with van der Waals surface area (Å²) in [4.78, 5) is 14.6. The largest absolute Gasteiger partial charge is 0.298 e. The average molecular weight is 467 g/mol. The fourth-order valence-electron chi connectivity index (χ4n) is 9.52. The number of fused-ring (bicyclic) bond motifs is 4. The molecule has 35 heavy (non-hydrogen) atoms. The number of aromatic nitrogens is 1. The van der Waals surface area contributed by atoms with E-state index < -0.39 is 0 Å². The number of nitrogens with zero attached hydrogens (tertiary/aromatic N) is 1. The van der Waals surface area contributed by atoms with E-state index in [1.54, 1.807) is 0 Å². The van der Waals surface area contributed by atoms with Gasteiger partial charge in [0, 0.05) is 18.9 Å². The van der Waals surface area contributed by atoms with Crippen molar-refractivity contribution in [2.75, 3.05) is 0 Å². The number of rotatable bonds is 2. The maximum Gasteiger partial charge on any atom is 0.221 e. The third kappa shape index (κ3) is 2.22. The molecule has 1 aliphatic heterocycles. The van der Waals surface area contributed by atoms with Crippen LogP contribution in [0.15, 0.2) is 30.5 Å². The lowest BCUT2D eigenvalue weighted by atomic mass is 9.61. The van der Waals surface area contributed by atoms with Gasteiger partial charge >= 0.3 is 0 Å². The minimum absolute atomic E-state index is 0.0321. The van der Waals surface area contributed by atoms with Gasteiger partial charge in [0.25, 0.3) is 0 Å². The van der Waals surface area contributed by atoms with Gasteiger partial charge in [-0.3, -0.25) is 4.79 Å². The minimum atomic E-state index is -0.248. The fourth-order valence-corrected chi connectivity index (χ4v) is 9.52. The highest BCUT2D eigenvalue weighted by Crippen LogP contribution is 2.62. The molecule has 0 amide bonds. The number of carbonyl (C=O) groups excluding carboxylic acids is 1. The molecule has 7 rings (SSSR count). The van der Waals surface area contributed by atoms with Crippen molar-refractivity contribution in [3.63, 3.8) is 0 Å². The molecule has 2 nitrogen and oxygen atoms in total. The molecule has 1 aromatic heterocycles. The lowest BCUT2D eigenvalue weighted by molar-refractivity contribution is -0.751. The standard InChI is InChI=1S/C33H40NO/c1-6-30(4)24-14-12-13-22-21(3)19-23-27-25(20-34(28(23)26(22)24)31(30,5)7-2)32(15-8-9-16-32)29(35)33(27)17-10-11-18-33/h12-14,19-20H,6-11,15-18H2,1-5H3/q+1. The Morgan fingerprint density at radius 1 is 0.857 bits per heavy atom. The molecule has 2 fully saturated rings. The Hall–Kier alpha value is -2.22. The van der Waals surface area contributed by atoms with Crippen molar-refractivity contribution in [3.05, 3.63) is 52.7 Å². The predicted molar refractivity (Wildman–Crippen MR) is 143 cm³/mol. The zero-order valence-corrected chi connectivity index (χ0v) is 22.3. The van der Waals surface area contributed by atoms with Gasteiger partial charge in [0.1, 0.15) is 0 Å². The molecule has 2 spiro atoms. The van der Waals surface area contributed by atoms with Crippen molar-refractivity contribution >= 4 is 27.5 Å². The van der Waals surface area contributed by atoms with Crippen molar-refractivity contribution in [3.8, 4) is 0 Å². The topological polar surface area (TPSA) is 20.9 Å². The van der Waals surface area contributed by atoms with Crippen LogP contribution < -0.4 is 4.57 Å². The SMILES string of the molecule is CCC1(C)c2cccc3c(C)cc4c5c(c[n+](c4c23)C1(C)CC)C1(CCCC1)C(=O)C51CCCC1. The molecule has 3 aromatic rings. The Morgan fingerprint density at radius 2 is 1.51 bits per heavy atom. The average Bonchev–Trinajstić information content (AvgIpc) is 3.60. The molecule has 4 aliphatic rings. The first-order chi connectivity index (χ1) is 16.8. The Kier molecular flexibility index (Phi) is 4.25. The molecule has 0 N–H and O–H groups in total. The second-order valence-corrected chi connectivity index (χ2v) is 12.8. The van der Waals surface area contributed by atoms with Gasteiger partial charge < -0.3 is 0 Å². The zero-order chi connectivity index (χ0) is 24.4. The number of benzene rings is 2. The van der Waals surface area contributed by atoms with Crippen LogP contribution in [0.5, 0.6) is 0 Å². The third-order valence-electron chi connectivity index (χ3n) is 11.9. The normalized spacial score (nSPS) is 29.9. The highest BCUT2D eigenvalue weighted by Gasteiger charge is 2.64.